The van der Waals surface area contributed by atoms with Crippen LogP contribution in [-0.4, -0.2) is 14.5 Å². The van der Waals surface area contributed by atoms with Crippen molar-refractivity contribution in [3.8, 4) is 0 Å². The molecule has 0 bridgehead atoms. The molecule has 0 saturated heterocycles. The van der Waals surface area contributed by atoms with Crippen LogP contribution in [0.4, 0.5) is 5.69 Å². The molecule has 1 unspecified atom stereocenters. The van der Waals surface area contributed by atoms with E-state index in [-0.39, 0.29) is 10.9 Å². The summed E-state index contributed by atoms with van der Waals surface area (Å²) in [4.78, 5) is 0.278. The molecule has 0 spiro atoms. The molecule has 3 N–H and O–H groups in total. The Hall–Kier alpha value is -1.07. The van der Waals surface area contributed by atoms with Crippen molar-refractivity contribution in [3.05, 3.63) is 23.8 Å². The van der Waals surface area contributed by atoms with Gasteiger partial charge in [-0.2, -0.15) is 0 Å². The highest BCUT2D eigenvalue weighted by Gasteiger charge is 2.17. The Morgan fingerprint density at radius 2 is 1.85 bits per heavy atom. The third-order valence-electron chi connectivity index (χ3n) is 3.33. The SMILES string of the molecule is Cc1cc(S(=O)(=O)NC(C)CCCC(C)C)ccc1N. The first kappa shape index (κ1) is 17.0. The molecule has 0 aliphatic rings. The zero-order valence-corrected chi connectivity index (χ0v) is 13.6. The highest BCUT2D eigenvalue weighted by atomic mass is 32.2. The minimum Gasteiger partial charge on any atom is -0.399 e. The number of nitrogens with one attached hydrogen (secondary N) is 1. The fourth-order valence-corrected chi connectivity index (χ4v) is 3.40. The second kappa shape index (κ2) is 7.09. The van der Waals surface area contributed by atoms with E-state index in [1.54, 1.807) is 25.1 Å². The van der Waals surface area contributed by atoms with Crippen LogP contribution in [-0.2, 0) is 10.0 Å². The predicted molar refractivity (Wildman–Crippen MR) is 84.1 cm³/mol. The van der Waals surface area contributed by atoms with E-state index in [4.69, 9.17) is 5.73 Å². The maximum absolute atomic E-state index is 12.3. The summed E-state index contributed by atoms with van der Waals surface area (Å²) >= 11 is 0. The first-order chi connectivity index (χ1) is 9.22. The monoisotopic (exact) mass is 298 g/mol. The average molecular weight is 298 g/mol. The van der Waals surface area contributed by atoms with Gasteiger partial charge in [0.05, 0.1) is 4.90 Å². The predicted octanol–water partition coefficient (Wildman–Crippen LogP) is 3.07. The zero-order chi connectivity index (χ0) is 15.3. The molecule has 0 amide bonds. The van der Waals surface area contributed by atoms with Crippen molar-refractivity contribution in [1.82, 2.24) is 4.72 Å². The Labute approximate surface area is 122 Å². The van der Waals surface area contributed by atoms with Crippen LogP contribution in [0.1, 0.15) is 45.6 Å². The van der Waals surface area contributed by atoms with Gasteiger partial charge in [-0.1, -0.05) is 26.7 Å². The number of rotatable bonds is 7. The molecule has 0 aromatic heterocycles. The van der Waals surface area contributed by atoms with E-state index in [1.807, 2.05) is 6.92 Å². The Morgan fingerprint density at radius 3 is 2.40 bits per heavy atom. The minimum absolute atomic E-state index is 0.0587. The van der Waals surface area contributed by atoms with Gasteiger partial charge in [0, 0.05) is 11.7 Å². The molecule has 20 heavy (non-hydrogen) atoms. The van der Waals surface area contributed by atoms with E-state index in [2.05, 4.69) is 18.6 Å². The maximum Gasteiger partial charge on any atom is 0.240 e. The molecule has 1 rings (SSSR count). The molecule has 4 nitrogen and oxygen atoms in total. The average Bonchev–Trinajstić information content (AvgIpc) is 2.31. The Balaban J connectivity index is 2.67. The van der Waals surface area contributed by atoms with Gasteiger partial charge in [0.2, 0.25) is 10.0 Å². The van der Waals surface area contributed by atoms with E-state index >= 15 is 0 Å². The van der Waals surface area contributed by atoms with Crippen molar-refractivity contribution >= 4 is 15.7 Å². The van der Waals surface area contributed by atoms with E-state index in [0.29, 0.717) is 11.6 Å². The Bertz CT molecular complexity index is 539. The van der Waals surface area contributed by atoms with Crippen molar-refractivity contribution in [2.24, 2.45) is 5.92 Å². The van der Waals surface area contributed by atoms with Gasteiger partial charge in [0.1, 0.15) is 0 Å². The molecule has 1 aromatic rings. The summed E-state index contributed by atoms with van der Waals surface area (Å²) in [5.74, 6) is 0.651. The van der Waals surface area contributed by atoms with Crippen molar-refractivity contribution in [3.63, 3.8) is 0 Å². The van der Waals surface area contributed by atoms with Gasteiger partial charge in [-0.3, -0.25) is 0 Å². The summed E-state index contributed by atoms with van der Waals surface area (Å²) in [5, 5.41) is 0. The number of nitrogen functional groups attached to an aromatic ring is 1. The van der Waals surface area contributed by atoms with Gasteiger partial charge in [-0.05, 0) is 49.9 Å². The maximum atomic E-state index is 12.3. The number of benzene rings is 1. The number of anilines is 1. The van der Waals surface area contributed by atoms with Crippen LogP contribution in [0.15, 0.2) is 23.1 Å². The van der Waals surface area contributed by atoms with Crippen molar-refractivity contribution < 1.29 is 8.42 Å². The van der Waals surface area contributed by atoms with Crippen LogP contribution in [0.3, 0.4) is 0 Å². The molecule has 0 aliphatic carbocycles. The quantitative estimate of drug-likeness (QED) is 0.760. The van der Waals surface area contributed by atoms with Gasteiger partial charge in [0.25, 0.3) is 0 Å². The molecule has 1 atom stereocenters. The lowest BCUT2D eigenvalue weighted by Gasteiger charge is -2.15. The fourth-order valence-electron chi connectivity index (χ4n) is 2.04. The molecule has 1 aromatic carbocycles. The molecule has 0 radical (unpaired) electrons. The van der Waals surface area contributed by atoms with Crippen LogP contribution in [0, 0.1) is 12.8 Å². The van der Waals surface area contributed by atoms with Crippen molar-refractivity contribution in [1.29, 1.82) is 0 Å². The molecule has 114 valence electrons. The smallest absolute Gasteiger partial charge is 0.240 e. The number of sulfonamides is 1. The highest BCUT2D eigenvalue weighted by molar-refractivity contribution is 7.89. The van der Waals surface area contributed by atoms with E-state index < -0.39 is 10.0 Å². The standard InChI is InChI=1S/C15H26N2O2S/c1-11(2)6-5-7-13(4)17-20(18,19)14-8-9-15(16)12(3)10-14/h8-11,13,17H,5-7,16H2,1-4H3. The number of hydrogen-bond acceptors (Lipinski definition) is 3. The zero-order valence-electron chi connectivity index (χ0n) is 12.8. The first-order valence-corrected chi connectivity index (χ1v) is 8.59. The number of nitrogens with two attached hydrogens (primary N) is 1. The van der Waals surface area contributed by atoms with Gasteiger partial charge >= 0.3 is 0 Å². The lowest BCUT2D eigenvalue weighted by molar-refractivity contribution is 0.488. The summed E-state index contributed by atoms with van der Waals surface area (Å²) < 4.78 is 27.2. The molecular formula is C15H26N2O2S. The minimum atomic E-state index is -3.45. The normalized spacial score (nSPS) is 13.7. The van der Waals surface area contributed by atoms with Crippen LogP contribution >= 0.6 is 0 Å². The fraction of sp³-hybridized carbons (Fsp3) is 0.600. The molecular weight excluding hydrogens is 272 g/mol. The van der Waals surface area contributed by atoms with Crippen LogP contribution in [0.2, 0.25) is 0 Å². The van der Waals surface area contributed by atoms with Gasteiger partial charge in [0.15, 0.2) is 0 Å². The molecule has 5 heteroatoms. The van der Waals surface area contributed by atoms with Gasteiger partial charge in [-0.15, -0.1) is 0 Å². The van der Waals surface area contributed by atoms with Gasteiger partial charge < -0.3 is 5.73 Å². The van der Waals surface area contributed by atoms with Crippen molar-refractivity contribution in [2.45, 2.75) is 57.9 Å². The molecule has 0 saturated carbocycles. The summed E-state index contributed by atoms with van der Waals surface area (Å²) in [5.41, 5.74) is 7.10. The van der Waals surface area contributed by atoms with Crippen LogP contribution in [0.5, 0.6) is 0 Å². The summed E-state index contributed by atoms with van der Waals surface area (Å²) in [6.07, 6.45) is 3.00. The lowest BCUT2D eigenvalue weighted by Crippen LogP contribution is -2.32. The first-order valence-electron chi connectivity index (χ1n) is 7.11. The second-order valence-electron chi connectivity index (χ2n) is 5.87. The molecule has 0 fully saturated rings. The van der Waals surface area contributed by atoms with Crippen LogP contribution in [0.25, 0.3) is 0 Å². The molecule has 0 heterocycles. The third-order valence-corrected chi connectivity index (χ3v) is 4.91. The Morgan fingerprint density at radius 1 is 1.20 bits per heavy atom. The molecule has 0 aliphatic heterocycles. The van der Waals surface area contributed by atoms with E-state index in [9.17, 15) is 8.42 Å². The summed E-state index contributed by atoms with van der Waals surface area (Å²) in [6.45, 7) is 8.06. The highest BCUT2D eigenvalue weighted by Crippen LogP contribution is 2.17. The van der Waals surface area contributed by atoms with E-state index in [1.165, 1.54) is 0 Å². The third kappa shape index (κ3) is 5.13. The number of hydrogen-bond donors (Lipinski definition) is 2. The second-order valence-corrected chi connectivity index (χ2v) is 7.58. The van der Waals surface area contributed by atoms with Crippen LogP contribution < -0.4 is 10.5 Å². The summed E-state index contributed by atoms with van der Waals surface area (Å²) in [7, 11) is -3.45. The topological polar surface area (TPSA) is 72.2 Å². The Kier molecular flexibility index (Phi) is 6.02. The van der Waals surface area contributed by atoms with Gasteiger partial charge in [-0.25, -0.2) is 13.1 Å². The summed E-state index contributed by atoms with van der Waals surface area (Å²) in [6, 6.07) is 4.73. The van der Waals surface area contributed by atoms with E-state index in [0.717, 1.165) is 24.8 Å². The number of aryl methyl sites for hydroxylation is 1. The lowest BCUT2D eigenvalue weighted by atomic mass is 10.0. The largest absolute Gasteiger partial charge is 0.399 e. The van der Waals surface area contributed by atoms with Crippen molar-refractivity contribution in [2.75, 3.05) is 5.73 Å².